The Morgan fingerprint density at radius 3 is 2.38 bits per heavy atom. The fraction of sp³-hybridized carbons (Fsp3) is 0.115. The van der Waals surface area contributed by atoms with Gasteiger partial charge < -0.3 is 14.1 Å². The molecule has 0 saturated carbocycles. The summed E-state index contributed by atoms with van der Waals surface area (Å²) >= 11 is 0. The zero-order chi connectivity index (χ0) is 22.1. The Bertz CT molecular complexity index is 1390. The van der Waals surface area contributed by atoms with Crippen LogP contribution in [0.25, 0.3) is 10.9 Å². The monoisotopic (exact) mass is 424 g/mol. The Kier molecular flexibility index (Phi) is 5.03. The summed E-state index contributed by atoms with van der Waals surface area (Å²) in [5.41, 5.74) is 2.43. The van der Waals surface area contributed by atoms with Crippen molar-refractivity contribution < 1.29 is 14.4 Å². The van der Waals surface area contributed by atoms with Crippen molar-refractivity contribution in [3.8, 4) is 5.75 Å². The Labute approximate surface area is 184 Å². The van der Waals surface area contributed by atoms with Gasteiger partial charge in [-0.2, -0.15) is 0 Å². The van der Waals surface area contributed by atoms with E-state index >= 15 is 0 Å². The Hall–Kier alpha value is -4.19. The number of hydrogen-bond acceptors (Lipinski definition) is 5. The molecule has 0 fully saturated rings. The fourth-order valence-electron chi connectivity index (χ4n) is 3.92. The number of rotatable bonds is 4. The highest BCUT2D eigenvalue weighted by atomic mass is 16.6. The molecule has 32 heavy (non-hydrogen) atoms. The van der Waals surface area contributed by atoms with Crippen molar-refractivity contribution in [1.29, 1.82) is 0 Å². The summed E-state index contributed by atoms with van der Waals surface area (Å²) in [6.45, 7) is 0. The van der Waals surface area contributed by atoms with E-state index in [0.717, 1.165) is 5.56 Å². The number of esters is 1. The maximum atomic E-state index is 13.4. The van der Waals surface area contributed by atoms with Crippen LogP contribution in [-0.4, -0.2) is 16.2 Å². The third-order valence-corrected chi connectivity index (χ3v) is 5.59. The lowest BCUT2D eigenvalue weighted by Crippen LogP contribution is -2.27. The summed E-state index contributed by atoms with van der Waals surface area (Å²) in [4.78, 5) is 31.9. The van der Waals surface area contributed by atoms with E-state index in [-0.39, 0.29) is 23.0 Å². The van der Waals surface area contributed by atoms with Crippen molar-refractivity contribution >= 4 is 22.6 Å². The normalized spacial score (nSPS) is 15.3. The van der Waals surface area contributed by atoms with E-state index in [0.29, 0.717) is 28.6 Å². The van der Waals surface area contributed by atoms with Crippen molar-refractivity contribution in [2.24, 2.45) is 12.2 Å². The maximum Gasteiger partial charge on any atom is 0.343 e. The number of oxime groups is 1. The molecule has 1 aliphatic heterocycles. The number of carbonyl (C=O) groups is 1. The zero-order valence-corrected chi connectivity index (χ0v) is 17.4. The molecule has 1 unspecified atom stereocenters. The molecule has 0 saturated heterocycles. The molecule has 1 aromatic heterocycles. The van der Waals surface area contributed by atoms with E-state index in [2.05, 4.69) is 5.16 Å². The van der Waals surface area contributed by atoms with Crippen molar-refractivity contribution in [3.63, 3.8) is 0 Å². The van der Waals surface area contributed by atoms with Crippen LogP contribution in [0.3, 0.4) is 0 Å². The first-order valence-corrected chi connectivity index (χ1v) is 10.3. The summed E-state index contributed by atoms with van der Waals surface area (Å²) < 4.78 is 7.39. The first kappa shape index (κ1) is 19.8. The molecule has 5 rings (SSSR count). The highest BCUT2D eigenvalue weighted by molar-refractivity contribution is 6.08. The van der Waals surface area contributed by atoms with Crippen LogP contribution in [0, 0.1) is 0 Å². The van der Waals surface area contributed by atoms with Gasteiger partial charge in [0.2, 0.25) is 0 Å². The standard InChI is InChI=1S/C26H20N2O4/c1-28-21-15-9-8-14-19(21)24(31-26(30)18-12-6-3-7-13-18)23(25(28)29)20-16-22(32-27-20)17-10-4-2-5-11-17/h2-15,22H,16H2,1H3. The molecule has 6 heteroatoms. The summed E-state index contributed by atoms with van der Waals surface area (Å²) in [5.74, 6) is -0.335. The highest BCUT2D eigenvalue weighted by Crippen LogP contribution is 2.34. The lowest BCUT2D eigenvalue weighted by atomic mass is 9.99. The number of pyridine rings is 1. The number of hydrogen-bond donors (Lipinski definition) is 0. The molecule has 0 spiro atoms. The summed E-state index contributed by atoms with van der Waals surface area (Å²) in [7, 11) is 1.70. The summed E-state index contributed by atoms with van der Waals surface area (Å²) in [5, 5.41) is 4.88. The smallest absolute Gasteiger partial charge is 0.343 e. The van der Waals surface area contributed by atoms with Gasteiger partial charge in [0.25, 0.3) is 5.56 Å². The van der Waals surface area contributed by atoms with Gasteiger partial charge in [0.1, 0.15) is 11.3 Å². The quantitative estimate of drug-likeness (QED) is 0.448. The van der Waals surface area contributed by atoms with Crippen LogP contribution in [0.4, 0.5) is 0 Å². The molecule has 3 aromatic carbocycles. The van der Waals surface area contributed by atoms with Gasteiger partial charge in [-0.15, -0.1) is 0 Å². The second kappa shape index (κ2) is 8.15. The van der Waals surface area contributed by atoms with Crippen molar-refractivity contribution in [2.75, 3.05) is 0 Å². The van der Waals surface area contributed by atoms with Crippen molar-refractivity contribution in [3.05, 3.63) is 112 Å². The van der Waals surface area contributed by atoms with Gasteiger partial charge >= 0.3 is 5.97 Å². The van der Waals surface area contributed by atoms with Crippen LogP contribution < -0.4 is 10.3 Å². The predicted molar refractivity (Wildman–Crippen MR) is 122 cm³/mol. The molecule has 6 nitrogen and oxygen atoms in total. The largest absolute Gasteiger partial charge is 0.421 e. The highest BCUT2D eigenvalue weighted by Gasteiger charge is 2.30. The van der Waals surface area contributed by atoms with Gasteiger partial charge in [-0.3, -0.25) is 4.79 Å². The summed E-state index contributed by atoms with van der Waals surface area (Å²) in [6.07, 6.45) is 0.0908. The molecule has 4 aromatic rings. The SMILES string of the molecule is Cn1c(=O)c(C2=NOC(c3ccccc3)C2)c(OC(=O)c2ccccc2)c2ccccc21. The third kappa shape index (κ3) is 3.46. The minimum Gasteiger partial charge on any atom is -0.421 e. The molecule has 2 heterocycles. The van der Waals surface area contributed by atoms with Crippen LogP contribution in [-0.2, 0) is 11.9 Å². The van der Waals surface area contributed by atoms with Crippen molar-refractivity contribution in [1.82, 2.24) is 4.57 Å². The molecule has 1 atom stereocenters. The summed E-state index contributed by atoms with van der Waals surface area (Å²) in [6, 6.07) is 25.7. The first-order valence-electron chi connectivity index (χ1n) is 10.3. The molecule has 1 aliphatic rings. The number of fused-ring (bicyclic) bond motifs is 1. The number of benzene rings is 3. The molecule has 0 bridgehead atoms. The molecule has 0 N–H and O–H groups in total. The van der Waals surface area contributed by atoms with E-state index in [1.807, 2.05) is 60.7 Å². The third-order valence-electron chi connectivity index (χ3n) is 5.59. The average molecular weight is 424 g/mol. The number of aryl methyl sites for hydroxylation is 1. The van der Waals surface area contributed by atoms with Crippen LogP contribution >= 0.6 is 0 Å². The van der Waals surface area contributed by atoms with Crippen LogP contribution in [0.15, 0.2) is 94.9 Å². The number of ether oxygens (including phenoxy) is 1. The number of nitrogens with zero attached hydrogens (tertiary/aromatic N) is 2. The number of carbonyl (C=O) groups excluding carboxylic acids is 1. The molecule has 158 valence electrons. The molecular weight excluding hydrogens is 404 g/mol. The van der Waals surface area contributed by atoms with Gasteiger partial charge in [0.15, 0.2) is 11.9 Å². The van der Waals surface area contributed by atoms with E-state index in [1.54, 1.807) is 35.9 Å². The van der Waals surface area contributed by atoms with Gasteiger partial charge in [-0.25, -0.2) is 4.79 Å². The second-order valence-corrected chi connectivity index (χ2v) is 7.59. The van der Waals surface area contributed by atoms with Gasteiger partial charge in [0, 0.05) is 18.9 Å². The Morgan fingerprint density at radius 1 is 0.969 bits per heavy atom. The first-order chi connectivity index (χ1) is 15.6. The Balaban J connectivity index is 1.62. The average Bonchev–Trinajstić information content (AvgIpc) is 3.33. The van der Waals surface area contributed by atoms with E-state index < -0.39 is 5.97 Å². The zero-order valence-electron chi connectivity index (χ0n) is 17.4. The predicted octanol–water partition coefficient (Wildman–Crippen LogP) is 4.62. The van der Waals surface area contributed by atoms with Crippen molar-refractivity contribution in [2.45, 2.75) is 12.5 Å². The molecular formula is C26H20N2O4. The van der Waals surface area contributed by atoms with Gasteiger partial charge in [-0.1, -0.05) is 65.8 Å². The topological polar surface area (TPSA) is 69.9 Å². The minimum atomic E-state index is -0.538. The number of para-hydroxylation sites is 1. The van der Waals surface area contributed by atoms with E-state index in [1.165, 1.54) is 0 Å². The van der Waals surface area contributed by atoms with E-state index in [4.69, 9.17) is 9.57 Å². The van der Waals surface area contributed by atoms with Gasteiger partial charge in [0.05, 0.1) is 11.1 Å². The second-order valence-electron chi connectivity index (χ2n) is 7.59. The fourth-order valence-corrected chi connectivity index (χ4v) is 3.92. The lowest BCUT2D eigenvalue weighted by Gasteiger charge is -2.15. The van der Waals surface area contributed by atoms with Crippen LogP contribution in [0.5, 0.6) is 5.75 Å². The van der Waals surface area contributed by atoms with Crippen LogP contribution in [0.2, 0.25) is 0 Å². The molecule has 0 radical (unpaired) electrons. The maximum absolute atomic E-state index is 13.4. The Morgan fingerprint density at radius 2 is 1.62 bits per heavy atom. The van der Waals surface area contributed by atoms with Gasteiger partial charge in [-0.05, 0) is 29.8 Å². The van der Waals surface area contributed by atoms with E-state index in [9.17, 15) is 9.59 Å². The number of aromatic nitrogens is 1. The minimum absolute atomic E-state index is 0.202. The molecule has 0 amide bonds. The lowest BCUT2D eigenvalue weighted by molar-refractivity contribution is 0.0736. The van der Waals surface area contributed by atoms with Crippen LogP contribution in [0.1, 0.15) is 34.0 Å². The molecule has 0 aliphatic carbocycles.